The predicted molar refractivity (Wildman–Crippen MR) is 96.9 cm³/mol. The second-order valence-corrected chi connectivity index (χ2v) is 6.81. The Morgan fingerprint density at radius 2 is 2.00 bits per heavy atom. The number of carbonyl (C=O) groups excluding carboxylic acids is 1. The number of hydrogen-bond acceptors (Lipinski definition) is 3. The van der Waals surface area contributed by atoms with Crippen molar-refractivity contribution in [2.75, 3.05) is 13.1 Å². The molecule has 0 fully saturated rings. The standard InChI is InChI=1S/C18H16ClFN2OS/c19-15-6-4-13(5-7-15)11-17(23)22-9-8-21-18(22)24-12-14-2-1-3-16(20)10-14/h1-7,10H,8-9,11-12H2. The normalized spacial score (nSPS) is 13.9. The van der Waals surface area contributed by atoms with Crippen molar-refractivity contribution >= 4 is 34.4 Å². The van der Waals surface area contributed by atoms with Crippen LogP contribution in [0.5, 0.6) is 0 Å². The lowest BCUT2D eigenvalue weighted by atomic mass is 10.1. The van der Waals surface area contributed by atoms with Gasteiger partial charge in [-0.3, -0.25) is 14.7 Å². The molecule has 0 spiro atoms. The monoisotopic (exact) mass is 362 g/mol. The first-order valence-electron chi connectivity index (χ1n) is 7.58. The van der Waals surface area contributed by atoms with Crippen LogP contribution in [0, 0.1) is 5.82 Å². The van der Waals surface area contributed by atoms with Crippen LogP contribution in [0.2, 0.25) is 5.02 Å². The van der Waals surface area contributed by atoms with Gasteiger partial charge in [0.05, 0.1) is 13.0 Å². The molecule has 1 aliphatic heterocycles. The molecule has 0 N–H and O–H groups in total. The van der Waals surface area contributed by atoms with Crippen LogP contribution in [0.4, 0.5) is 4.39 Å². The number of nitrogens with zero attached hydrogens (tertiary/aromatic N) is 2. The van der Waals surface area contributed by atoms with E-state index < -0.39 is 0 Å². The number of benzene rings is 2. The fourth-order valence-electron chi connectivity index (χ4n) is 2.43. The lowest BCUT2D eigenvalue weighted by molar-refractivity contribution is -0.126. The van der Waals surface area contributed by atoms with Crippen molar-refractivity contribution < 1.29 is 9.18 Å². The van der Waals surface area contributed by atoms with Gasteiger partial charge in [-0.1, -0.05) is 47.6 Å². The summed E-state index contributed by atoms with van der Waals surface area (Å²) < 4.78 is 13.2. The van der Waals surface area contributed by atoms with Gasteiger partial charge >= 0.3 is 0 Å². The van der Waals surface area contributed by atoms with Crippen LogP contribution in [0.15, 0.2) is 53.5 Å². The third kappa shape index (κ3) is 4.36. The Hall–Kier alpha value is -1.85. The van der Waals surface area contributed by atoms with Crippen LogP contribution >= 0.6 is 23.4 Å². The number of carbonyl (C=O) groups is 1. The van der Waals surface area contributed by atoms with E-state index in [-0.39, 0.29) is 11.7 Å². The van der Waals surface area contributed by atoms with Crippen molar-refractivity contribution in [3.8, 4) is 0 Å². The number of hydrogen-bond donors (Lipinski definition) is 0. The van der Waals surface area contributed by atoms with E-state index in [1.165, 1.54) is 23.9 Å². The fraction of sp³-hybridized carbons (Fsp3) is 0.222. The summed E-state index contributed by atoms with van der Waals surface area (Å²) in [7, 11) is 0. The molecule has 1 heterocycles. The molecule has 6 heteroatoms. The molecule has 3 rings (SSSR count). The minimum absolute atomic E-state index is 0.0142. The van der Waals surface area contributed by atoms with E-state index >= 15 is 0 Å². The molecule has 3 nitrogen and oxygen atoms in total. The Balaban J connectivity index is 1.60. The van der Waals surface area contributed by atoms with Gasteiger partial charge in [-0.05, 0) is 35.4 Å². The summed E-state index contributed by atoms with van der Waals surface area (Å²) in [5.74, 6) is 0.346. The molecular weight excluding hydrogens is 347 g/mol. The molecule has 0 saturated carbocycles. The number of aliphatic imine (C=N–C) groups is 1. The second kappa shape index (κ2) is 7.81. The zero-order valence-electron chi connectivity index (χ0n) is 12.9. The fourth-order valence-corrected chi connectivity index (χ4v) is 3.56. The van der Waals surface area contributed by atoms with Gasteiger partial charge in [0.25, 0.3) is 0 Å². The maximum absolute atomic E-state index is 13.2. The Bertz CT molecular complexity index is 764. The van der Waals surface area contributed by atoms with Crippen LogP contribution in [-0.2, 0) is 17.0 Å². The van der Waals surface area contributed by atoms with Gasteiger partial charge in [0.2, 0.25) is 5.91 Å². The quantitative estimate of drug-likeness (QED) is 0.818. The van der Waals surface area contributed by atoms with Crippen molar-refractivity contribution in [1.82, 2.24) is 4.90 Å². The van der Waals surface area contributed by atoms with Gasteiger partial charge < -0.3 is 0 Å². The van der Waals surface area contributed by atoms with E-state index in [0.29, 0.717) is 35.5 Å². The second-order valence-electron chi connectivity index (χ2n) is 5.43. The van der Waals surface area contributed by atoms with Crippen LogP contribution in [0.25, 0.3) is 0 Å². The molecule has 1 amide bonds. The molecule has 2 aromatic carbocycles. The first-order valence-corrected chi connectivity index (χ1v) is 8.95. The average Bonchev–Trinajstić information content (AvgIpc) is 3.04. The molecule has 0 unspecified atom stereocenters. The minimum atomic E-state index is -0.253. The zero-order chi connectivity index (χ0) is 16.9. The maximum atomic E-state index is 13.2. The SMILES string of the molecule is O=C(Cc1ccc(Cl)cc1)N1CCN=C1SCc1cccc(F)c1. The van der Waals surface area contributed by atoms with Gasteiger partial charge in [-0.15, -0.1) is 0 Å². The number of halogens is 2. The smallest absolute Gasteiger partial charge is 0.233 e. The van der Waals surface area contributed by atoms with Gasteiger partial charge in [0, 0.05) is 17.3 Å². The Labute approximate surface area is 149 Å². The summed E-state index contributed by atoms with van der Waals surface area (Å²) in [6, 6.07) is 13.7. The summed E-state index contributed by atoms with van der Waals surface area (Å²) in [5, 5.41) is 1.36. The molecule has 0 bridgehead atoms. The third-order valence-electron chi connectivity index (χ3n) is 3.63. The average molecular weight is 363 g/mol. The van der Waals surface area contributed by atoms with Gasteiger partial charge in [-0.2, -0.15) is 0 Å². The molecule has 0 aromatic heterocycles. The van der Waals surface area contributed by atoms with Crippen molar-refractivity contribution in [3.63, 3.8) is 0 Å². The van der Waals surface area contributed by atoms with Crippen molar-refractivity contribution in [1.29, 1.82) is 0 Å². The van der Waals surface area contributed by atoms with E-state index in [1.54, 1.807) is 23.1 Å². The van der Waals surface area contributed by atoms with Crippen molar-refractivity contribution in [2.45, 2.75) is 12.2 Å². The van der Waals surface area contributed by atoms with E-state index in [9.17, 15) is 9.18 Å². The molecule has 2 aromatic rings. The maximum Gasteiger partial charge on any atom is 0.233 e. The van der Waals surface area contributed by atoms with E-state index in [2.05, 4.69) is 4.99 Å². The summed E-state index contributed by atoms with van der Waals surface area (Å²) in [6.07, 6.45) is 0.316. The van der Waals surface area contributed by atoms with Crippen LogP contribution in [0.1, 0.15) is 11.1 Å². The lowest BCUT2D eigenvalue weighted by Crippen LogP contribution is -2.34. The van der Waals surface area contributed by atoms with Crippen molar-refractivity contribution in [2.24, 2.45) is 4.99 Å². The largest absolute Gasteiger partial charge is 0.289 e. The molecule has 124 valence electrons. The summed E-state index contributed by atoms with van der Waals surface area (Å²) >= 11 is 7.33. The zero-order valence-corrected chi connectivity index (χ0v) is 14.5. The predicted octanol–water partition coefficient (Wildman–Crippen LogP) is 4.15. The third-order valence-corrected chi connectivity index (χ3v) is 4.97. The molecule has 0 aliphatic carbocycles. The molecule has 24 heavy (non-hydrogen) atoms. The lowest BCUT2D eigenvalue weighted by Gasteiger charge is -2.18. The molecule has 1 aliphatic rings. The summed E-state index contributed by atoms with van der Waals surface area (Å²) in [4.78, 5) is 18.6. The highest BCUT2D eigenvalue weighted by Gasteiger charge is 2.24. The van der Waals surface area contributed by atoms with Gasteiger partial charge in [0.1, 0.15) is 5.82 Å². The first-order chi connectivity index (χ1) is 11.6. The van der Waals surface area contributed by atoms with E-state index in [0.717, 1.165) is 11.1 Å². The number of amides is 1. The topological polar surface area (TPSA) is 32.7 Å². The Kier molecular flexibility index (Phi) is 5.53. The van der Waals surface area contributed by atoms with E-state index in [1.807, 2.05) is 18.2 Å². The highest BCUT2D eigenvalue weighted by molar-refractivity contribution is 8.13. The van der Waals surface area contributed by atoms with Crippen LogP contribution in [-0.4, -0.2) is 29.1 Å². The van der Waals surface area contributed by atoms with Gasteiger partial charge in [0.15, 0.2) is 5.17 Å². The number of rotatable bonds is 4. The summed E-state index contributed by atoms with van der Waals surface area (Å²) in [5.41, 5.74) is 1.80. The highest BCUT2D eigenvalue weighted by atomic mass is 35.5. The Morgan fingerprint density at radius 3 is 2.75 bits per heavy atom. The molecule has 0 radical (unpaired) electrons. The van der Waals surface area contributed by atoms with Crippen LogP contribution in [0.3, 0.4) is 0 Å². The van der Waals surface area contributed by atoms with Crippen molar-refractivity contribution in [3.05, 3.63) is 70.5 Å². The highest BCUT2D eigenvalue weighted by Crippen LogP contribution is 2.21. The number of amidine groups is 1. The summed E-state index contributed by atoms with van der Waals surface area (Å²) in [6.45, 7) is 1.20. The molecule has 0 saturated heterocycles. The first kappa shape index (κ1) is 17.0. The molecular formula is C18H16ClFN2OS. The molecule has 0 atom stereocenters. The minimum Gasteiger partial charge on any atom is -0.289 e. The van der Waals surface area contributed by atoms with Crippen LogP contribution < -0.4 is 0 Å². The van der Waals surface area contributed by atoms with Gasteiger partial charge in [-0.25, -0.2) is 4.39 Å². The number of thioether (sulfide) groups is 1. The van der Waals surface area contributed by atoms with E-state index in [4.69, 9.17) is 11.6 Å². The Morgan fingerprint density at radius 1 is 1.21 bits per heavy atom.